The molecule has 18 heavy (non-hydrogen) atoms. The Morgan fingerprint density at radius 2 is 2.06 bits per heavy atom. The van der Waals surface area contributed by atoms with E-state index in [0.29, 0.717) is 0 Å². The Kier molecular flexibility index (Phi) is 3.82. The molecule has 0 saturated heterocycles. The van der Waals surface area contributed by atoms with E-state index in [0.717, 1.165) is 12.1 Å². The Morgan fingerprint density at radius 1 is 1.33 bits per heavy atom. The first-order valence-corrected chi connectivity index (χ1v) is 6.09. The van der Waals surface area contributed by atoms with Gasteiger partial charge in [-0.15, -0.1) is 16.7 Å². The van der Waals surface area contributed by atoms with Crippen LogP contribution < -0.4 is 5.32 Å². The molecule has 1 heterocycles. The van der Waals surface area contributed by atoms with Gasteiger partial charge >= 0.3 is 6.01 Å². The van der Waals surface area contributed by atoms with Gasteiger partial charge in [0.2, 0.25) is 5.89 Å². The van der Waals surface area contributed by atoms with Crippen molar-refractivity contribution in [2.24, 2.45) is 0 Å². The van der Waals surface area contributed by atoms with E-state index in [1.165, 1.54) is 0 Å². The highest BCUT2D eigenvalue weighted by Gasteiger charge is 2.14. The molecule has 4 nitrogen and oxygen atoms in total. The van der Waals surface area contributed by atoms with Gasteiger partial charge in [-0.25, -0.2) is 8.78 Å². The van der Waals surface area contributed by atoms with Crippen LogP contribution in [0.5, 0.6) is 0 Å². The summed E-state index contributed by atoms with van der Waals surface area (Å²) in [7, 11) is 0. The van der Waals surface area contributed by atoms with Crippen molar-refractivity contribution in [2.45, 2.75) is 12.3 Å². The van der Waals surface area contributed by atoms with Crippen molar-refractivity contribution in [1.29, 1.82) is 0 Å². The van der Waals surface area contributed by atoms with Crippen LogP contribution in [0.3, 0.4) is 0 Å². The molecule has 0 aliphatic carbocycles. The second-order valence-corrected chi connectivity index (χ2v) is 4.94. The summed E-state index contributed by atoms with van der Waals surface area (Å²) in [5.74, 6) is -1.07. The van der Waals surface area contributed by atoms with Gasteiger partial charge in [-0.2, -0.15) is 0 Å². The van der Waals surface area contributed by atoms with Gasteiger partial charge in [0.1, 0.15) is 17.0 Å². The zero-order chi connectivity index (χ0) is 13.3. The monoisotopic (exact) mass is 337 g/mol. The number of alkyl halides is 1. The molecule has 0 aliphatic heterocycles. The number of hydrogen-bond donors (Lipinski definition) is 1. The first-order valence-electron chi connectivity index (χ1n) is 4.86. The highest BCUT2D eigenvalue weighted by molar-refractivity contribution is 9.10. The van der Waals surface area contributed by atoms with Gasteiger partial charge in [-0.05, 0) is 28.9 Å². The van der Waals surface area contributed by atoms with Crippen LogP contribution >= 0.6 is 27.5 Å². The van der Waals surface area contributed by atoms with Crippen molar-refractivity contribution in [3.05, 3.63) is 34.1 Å². The fourth-order valence-electron chi connectivity index (χ4n) is 1.18. The van der Waals surface area contributed by atoms with E-state index in [2.05, 4.69) is 31.4 Å². The van der Waals surface area contributed by atoms with Gasteiger partial charge < -0.3 is 9.73 Å². The number of halogens is 4. The first-order chi connectivity index (χ1) is 8.47. The summed E-state index contributed by atoms with van der Waals surface area (Å²) in [5, 5.41) is 9.28. The lowest BCUT2D eigenvalue weighted by Crippen LogP contribution is -1.95. The Morgan fingerprint density at radius 3 is 2.67 bits per heavy atom. The topological polar surface area (TPSA) is 51.0 Å². The van der Waals surface area contributed by atoms with Crippen molar-refractivity contribution in [3.8, 4) is 0 Å². The molecule has 0 aliphatic rings. The molecule has 1 aromatic heterocycles. The van der Waals surface area contributed by atoms with E-state index < -0.39 is 17.0 Å². The van der Waals surface area contributed by atoms with E-state index in [-0.39, 0.29) is 22.1 Å². The maximum atomic E-state index is 13.5. The predicted molar refractivity (Wildman–Crippen MR) is 65.9 cm³/mol. The van der Waals surface area contributed by atoms with E-state index in [1.807, 2.05) is 0 Å². The highest BCUT2D eigenvalue weighted by Crippen LogP contribution is 2.26. The summed E-state index contributed by atoms with van der Waals surface area (Å²) < 4.78 is 31.9. The third-order valence-corrected chi connectivity index (χ3v) is 2.83. The van der Waals surface area contributed by atoms with Crippen LogP contribution in [0.15, 0.2) is 21.0 Å². The quantitative estimate of drug-likeness (QED) is 0.674. The standard InChI is InChI=1S/C10H7BrClF2N3O/c1-4(12)9-16-17-10(18-9)15-8-3-6(13)5(11)2-7(8)14/h2-4H,1H3,(H,15,17). The Hall–Kier alpha value is -1.21. The van der Waals surface area contributed by atoms with Gasteiger partial charge in [0.05, 0.1) is 10.2 Å². The number of hydrogen-bond acceptors (Lipinski definition) is 4. The molecule has 0 amide bonds. The molecule has 1 unspecified atom stereocenters. The highest BCUT2D eigenvalue weighted by atomic mass is 79.9. The average Bonchev–Trinajstić information content (AvgIpc) is 2.74. The van der Waals surface area contributed by atoms with Gasteiger partial charge in [-0.3, -0.25) is 0 Å². The maximum absolute atomic E-state index is 13.5. The van der Waals surface area contributed by atoms with Crippen LogP contribution in [-0.2, 0) is 0 Å². The SMILES string of the molecule is CC(Cl)c1nnc(Nc2cc(F)c(Br)cc2F)o1. The number of benzene rings is 1. The normalized spacial score (nSPS) is 12.5. The molecular formula is C10H7BrClF2N3O. The smallest absolute Gasteiger partial charge is 0.320 e. The molecule has 8 heteroatoms. The first kappa shape index (κ1) is 13.2. The summed E-state index contributed by atoms with van der Waals surface area (Å²) in [6.07, 6.45) is 0. The zero-order valence-corrected chi connectivity index (χ0v) is 11.4. The summed E-state index contributed by atoms with van der Waals surface area (Å²) in [6, 6.07) is 1.92. The van der Waals surface area contributed by atoms with Gasteiger partial charge in [0, 0.05) is 6.07 Å². The van der Waals surface area contributed by atoms with E-state index in [4.69, 9.17) is 16.0 Å². The minimum absolute atomic E-state index is 0.0335. The van der Waals surface area contributed by atoms with E-state index in [9.17, 15) is 8.78 Å². The van der Waals surface area contributed by atoms with E-state index >= 15 is 0 Å². The molecule has 2 rings (SSSR count). The van der Waals surface area contributed by atoms with Crippen molar-refractivity contribution >= 4 is 39.2 Å². The Bertz CT molecular complexity index is 576. The Balaban J connectivity index is 2.25. The second kappa shape index (κ2) is 5.19. The molecule has 0 spiro atoms. The Labute approximate surface area is 114 Å². The largest absolute Gasteiger partial charge is 0.406 e. The number of nitrogens with one attached hydrogen (secondary N) is 1. The molecule has 1 N–H and O–H groups in total. The molecule has 0 bridgehead atoms. The lowest BCUT2D eigenvalue weighted by Gasteiger charge is -2.04. The van der Waals surface area contributed by atoms with Crippen LogP contribution in [0.1, 0.15) is 18.2 Å². The van der Waals surface area contributed by atoms with Gasteiger partial charge in [0.25, 0.3) is 0 Å². The molecule has 1 atom stereocenters. The molecule has 2 aromatic rings. The second-order valence-electron chi connectivity index (χ2n) is 3.43. The zero-order valence-electron chi connectivity index (χ0n) is 9.05. The molecule has 96 valence electrons. The van der Waals surface area contributed by atoms with Crippen LogP contribution in [0.4, 0.5) is 20.5 Å². The lowest BCUT2D eigenvalue weighted by molar-refractivity contribution is 0.508. The van der Waals surface area contributed by atoms with Crippen molar-refractivity contribution < 1.29 is 13.2 Å². The summed E-state index contributed by atoms with van der Waals surface area (Å²) in [4.78, 5) is 0. The minimum Gasteiger partial charge on any atom is -0.406 e. The minimum atomic E-state index is -0.651. The number of nitrogens with zero attached hydrogens (tertiary/aromatic N) is 2. The number of anilines is 2. The lowest BCUT2D eigenvalue weighted by atomic mass is 10.3. The van der Waals surface area contributed by atoms with Crippen molar-refractivity contribution in [2.75, 3.05) is 5.32 Å². The molecular weight excluding hydrogens is 331 g/mol. The molecule has 0 saturated carbocycles. The third kappa shape index (κ3) is 2.78. The molecule has 0 radical (unpaired) electrons. The van der Waals surface area contributed by atoms with E-state index in [1.54, 1.807) is 6.92 Å². The summed E-state index contributed by atoms with van der Waals surface area (Å²) >= 11 is 8.61. The third-order valence-electron chi connectivity index (χ3n) is 2.03. The van der Waals surface area contributed by atoms with Crippen LogP contribution in [-0.4, -0.2) is 10.2 Å². The summed E-state index contributed by atoms with van der Waals surface area (Å²) in [6.45, 7) is 1.65. The molecule has 1 aromatic carbocycles. The van der Waals surface area contributed by atoms with Gasteiger partial charge in [-0.1, -0.05) is 5.10 Å². The average molecular weight is 339 g/mol. The fourth-order valence-corrected chi connectivity index (χ4v) is 1.58. The molecule has 0 fully saturated rings. The fraction of sp³-hybridized carbons (Fsp3) is 0.200. The van der Waals surface area contributed by atoms with Crippen LogP contribution in [0.2, 0.25) is 0 Å². The predicted octanol–water partition coefficient (Wildman–Crippen LogP) is 4.15. The van der Waals surface area contributed by atoms with Gasteiger partial charge in [0.15, 0.2) is 0 Å². The summed E-state index contributed by atoms with van der Waals surface area (Å²) in [5.41, 5.74) is -0.104. The number of rotatable bonds is 3. The number of aromatic nitrogens is 2. The maximum Gasteiger partial charge on any atom is 0.320 e. The van der Waals surface area contributed by atoms with Crippen molar-refractivity contribution in [1.82, 2.24) is 10.2 Å². The van der Waals surface area contributed by atoms with Crippen LogP contribution in [0.25, 0.3) is 0 Å². The van der Waals surface area contributed by atoms with Crippen LogP contribution in [0, 0.1) is 11.6 Å². The van der Waals surface area contributed by atoms with Crippen molar-refractivity contribution in [3.63, 3.8) is 0 Å².